The maximum Gasteiger partial charge on any atom is 0.188 e. The number of benzene rings is 1. The van der Waals surface area contributed by atoms with Crippen LogP contribution in [0.15, 0.2) is 18.2 Å². The summed E-state index contributed by atoms with van der Waals surface area (Å²) in [4.78, 5) is 16.8. The molecule has 0 atom stereocenters. The van der Waals surface area contributed by atoms with E-state index in [2.05, 4.69) is 37.0 Å². The van der Waals surface area contributed by atoms with E-state index in [0.717, 1.165) is 16.1 Å². The van der Waals surface area contributed by atoms with Gasteiger partial charge in [0.1, 0.15) is 0 Å². The second kappa shape index (κ2) is 4.41. The second-order valence-corrected chi connectivity index (χ2v) is 5.48. The van der Waals surface area contributed by atoms with E-state index in [9.17, 15) is 4.79 Å². The minimum Gasteiger partial charge on any atom is -0.292 e. The molecule has 0 N–H and O–H groups in total. The number of carbonyl (C=O) groups excluding carboxylic acids is 1. The van der Waals surface area contributed by atoms with Gasteiger partial charge in [0, 0.05) is 17.4 Å². The number of aromatic nitrogens is 1. The van der Waals surface area contributed by atoms with E-state index >= 15 is 0 Å². The molecule has 3 heteroatoms. The van der Waals surface area contributed by atoms with Crippen molar-refractivity contribution in [3.63, 3.8) is 0 Å². The Morgan fingerprint density at radius 1 is 1.18 bits per heavy atom. The average molecular weight is 245 g/mol. The molecule has 0 amide bonds. The van der Waals surface area contributed by atoms with Gasteiger partial charge in [-0.15, -0.1) is 11.3 Å². The number of aryl methyl sites for hydroxylation is 3. The molecule has 2 nitrogen and oxygen atoms in total. The van der Waals surface area contributed by atoms with E-state index in [1.54, 1.807) is 6.92 Å². The normalized spacial score (nSPS) is 10.6. The SMILES string of the molecule is CC(=O)c1nc(-c2ccc(C)c(C)c2)c(C)s1. The van der Waals surface area contributed by atoms with Crippen LogP contribution < -0.4 is 0 Å². The van der Waals surface area contributed by atoms with Crippen LogP contribution in [0.2, 0.25) is 0 Å². The number of nitrogens with zero attached hydrogens (tertiary/aromatic N) is 1. The smallest absolute Gasteiger partial charge is 0.188 e. The molecule has 0 saturated heterocycles. The monoisotopic (exact) mass is 245 g/mol. The molecule has 0 aliphatic heterocycles. The number of rotatable bonds is 2. The largest absolute Gasteiger partial charge is 0.292 e. The summed E-state index contributed by atoms with van der Waals surface area (Å²) in [7, 11) is 0. The van der Waals surface area contributed by atoms with Crippen molar-refractivity contribution in [2.75, 3.05) is 0 Å². The van der Waals surface area contributed by atoms with E-state index in [1.807, 2.05) is 6.92 Å². The number of thiazole rings is 1. The third-order valence-electron chi connectivity index (χ3n) is 2.88. The van der Waals surface area contributed by atoms with Gasteiger partial charge in [0.25, 0.3) is 0 Å². The lowest BCUT2D eigenvalue weighted by Crippen LogP contribution is -1.90. The maximum absolute atomic E-state index is 11.3. The summed E-state index contributed by atoms with van der Waals surface area (Å²) in [5.41, 5.74) is 4.55. The van der Waals surface area contributed by atoms with Gasteiger partial charge in [0.2, 0.25) is 0 Å². The summed E-state index contributed by atoms with van der Waals surface area (Å²) >= 11 is 1.47. The molecular formula is C14H15NOS. The van der Waals surface area contributed by atoms with Crippen molar-refractivity contribution in [3.05, 3.63) is 39.2 Å². The molecule has 0 aliphatic carbocycles. The lowest BCUT2D eigenvalue weighted by Gasteiger charge is -2.03. The molecular weight excluding hydrogens is 230 g/mol. The maximum atomic E-state index is 11.3. The van der Waals surface area contributed by atoms with Gasteiger partial charge in [0.15, 0.2) is 10.8 Å². The van der Waals surface area contributed by atoms with Crippen LogP contribution >= 0.6 is 11.3 Å². The first-order chi connectivity index (χ1) is 7.99. The zero-order valence-corrected chi connectivity index (χ0v) is 11.3. The first-order valence-electron chi connectivity index (χ1n) is 5.55. The van der Waals surface area contributed by atoms with Gasteiger partial charge < -0.3 is 0 Å². The van der Waals surface area contributed by atoms with Crippen molar-refractivity contribution in [2.45, 2.75) is 27.7 Å². The van der Waals surface area contributed by atoms with Crippen molar-refractivity contribution in [1.82, 2.24) is 4.98 Å². The Labute approximate surface area is 105 Å². The summed E-state index contributed by atoms with van der Waals surface area (Å²) in [6.45, 7) is 7.75. The molecule has 1 heterocycles. The Balaban J connectivity index is 2.52. The highest BCUT2D eigenvalue weighted by Crippen LogP contribution is 2.28. The van der Waals surface area contributed by atoms with Gasteiger partial charge >= 0.3 is 0 Å². The van der Waals surface area contributed by atoms with Gasteiger partial charge in [-0.1, -0.05) is 12.1 Å². The number of hydrogen-bond donors (Lipinski definition) is 0. The van der Waals surface area contributed by atoms with Crippen LogP contribution in [-0.4, -0.2) is 10.8 Å². The Hall–Kier alpha value is -1.48. The summed E-state index contributed by atoms with van der Waals surface area (Å²) in [5.74, 6) is 0.0354. The zero-order chi connectivity index (χ0) is 12.6. The first-order valence-corrected chi connectivity index (χ1v) is 6.36. The third-order valence-corrected chi connectivity index (χ3v) is 3.95. The average Bonchev–Trinajstić information content (AvgIpc) is 2.65. The molecule has 0 bridgehead atoms. The molecule has 0 aliphatic rings. The highest BCUT2D eigenvalue weighted by Gasteiger charge is 2.12. The minimum atomic E-state index is 0.0354. The van der Waals surface area contributed by atoms with E-state index < -0.39 is 0 Å². The van der Waals surface area contributed by atoms with Crippen LogP contribution in [0.25, 0.3) is 11.3 Å². The van der Waals surface area contributed by atoms with Crippen LogP contribution in [0, 0.1) is 20.8 Å². The van der Waals surface area contributed by atoms with E-state index in [-0.39, 0.29) is 5.78 Å². The molecule has 0 unspecified atom stereocenters. The summed E-state index contributed by atoms with van der Waals surface area (Å²) < 4.78 is 0. The molecule has 1 aromatic heterocycles. The fraction of sp³-hybridized carbons (Fsp3) is 0.286. The van der Waals surface area contributed by atoms with Gasteiger partial charge in [-0.25, -0.2) is 4.98 Å². The van der Waals surface area contributed by atoms with Gasteiger partial charge in [-0.05, 0) is 38.0 Å². The summed E-state index contributed by atoms with van der Waals surface area (Å²) in [5, 5.41) is 0.593. The molecule has 2 aromatic rings. The van der Waals surface area contributed by atoms with Crippen molar-refractivity contribution in [3.8, 4) is 11.3 Å². The van der Waals surface area contributed by atoms with Crippen LogP contribution in [-0.2, 0) is 0 Å². The fourth-order valence-electron chi connectivity index (χ4n) is 1.70. The number of Topliss-reactive ketones (excluding diaryl/α,β-unsaturated/α-hetero) is 1. The summed E-state index contributed by atoms with van der Waals surface area (Å²) in [6, 6.07) is 6.28. The van der Waals surface area contributed by atoms with Gasteiger partial charge in [-0.3, -0.25) is 4.79 Å². The number of carbonyl (C=O) groups is 1. The standard InChI is InChI=1S/C14H15NOS/c1-8-5-6-12(7-9(8)2)13-11(4)17-14(15-13)10(3)16/h5-7H,1-4H3. The first kappa shape index (κ1) is 12.0. The Kier molecular flexibility index (Phi) is 3.11. The number of hydrogen-bond acceptors (Lipinski definition) is 3. The fourth-order valence-corrected chi connectivity index (χ4v) is 2.53. The van der Waals surface area contributed by atoms with Gasteiger partial charge in [0.05, 0.1) is 5.69 Å². The predicted molar refractivity (Wildman–Crippen MR) is 71.8 cm³/mol. The lowest BCUT2D eigenvalue weighted by atomic mass is 10.0. The third kappa shape index (κ3) is 2.29. The van der Waals surface area contributed by atoms with E-state index in [4.69, 9.17) is 0 Å². The quantitative estimate of drug-likeness (QED) is 0.750. The van der Waals surface area contributed by atoms with Crippen LogP contribution in [0.4, 0.5) is 0 Å². The van der Waals surface area contributed by atoms with Crippen molar-refractivity contribution >= 4 is 17.1 Å². The Morgan fingerprint density at radius 2 is 1.88 bits per heavy atom. The van der Waals surface area contributed by atoms with Crippen LogP contribution in [0.3, 0.4) is 0 Å². The number of ketones is 1. The highest BCUT2D eigenvalue weighted by molar-refractivity contribution is 7.14. The molecule has 0 fully saturated rings. The van der Waals surface area contributed by atoms with Crippen molar-refractivity contribution < 1.29 is 4.79 Å². The van der Waals surface area contributed by atoms with Crippen LogP contribution in [0.5, 0.6) is 0 Å². The molecule has 17 heavy (non-hydrogen) atoms. The summed E-state index contributed by atoms with van der Waals surface area (Å²) in [6.07, 6.45) is 0. The molecule has 0 spiro atoms. The molecule has 88 valence electrons. The predicted octanol–water partition coefficient (Wildman–Crippen LogP) is 3.94. The molecule has 0 saturated carbocycles. The Morgan fingerprint density at radius 3 is 2.41 bits per heavy atom. The minimum absolute atomic E-state index is 0.0354. The van der Waals surface area contributed by atoms with E-state index in [0.29, 0.717) is 5.01 Å². The highest BCUT2D eigenvalue weighted by atomic mass is 32.1. The van der Waals surface area contributed by atoms with Crippen molar-refractivity contribution in [2.24, 2.45) is 0 Å². The second-order valence-electron chi connectivity index (χ2n) is 4.28. The van der Waals surface area contributed by atoms with Crippen LogP contribution in [0.1, 0.15) is 32.7 Å². The molecule has 0 radical (unpaired) electrons. The van der Waals surface area contributed by atoms with Gasteiger partial charge in [-0.2, -0.15) is 0 Å². The zero-order valence-electron chi connectivity index (χ0n) is 10.5. The topological polar surface area (TPSA) is 30.0 Å². The lowest BCUT2D eigenvalue weighted by molar-refractivity contribution is 0.101. The Bertz CT molecular complexity index is 584. The molecule has 1 aromatic carbocycles. The van der Waals surface area contributed by atoms with E-state index in [1.165, 1.54) is 22.5 Å². The van der Waals surface area contributed by atoms with Crippen molar-refractivity contribution in [1.29, 1.82) is 0 Å². The molecule has 2 rings (SSSR count).